The third-order valence-corrected chi connectivity index (χ3v) is 3.26. The first-order chi connectivity index (χ1) is 8.97. The van der Waals surface area contributed by atoms with Crippen LogP contribution >= 0.6 is 15.9 Å². The fourth-order valence-electron chi connectivity index (χ4n) is 1.79. The van der Waals surface area contributed by atoms with E-state index in [1.54, 1.807) is 6.07 Å². The van der Waals surface area contributed by atoms with Gasteiger partial charge >= 0.3 is 0 Å². The second-order valence-electron chi connectivity index (χ2n) is 4.11. The van der Waals surface area contributed by atoms with Crippen molar-refractivity contribution >= 4 is 39.1 Å². The van der Waals surface area contributed by atoms with Gasteiger partial charge in [0.15, 0.2) is 0 Å². The first kappa shape index (κ1) is 13.5. The van der Waals surface area contributed by atoms with Gasteiger partial charge in [-0.2, -0.15) is 0 Å². The maximum Gasteiger partial charge on any atom is 0.293 e. The minimum absolute atomic E-state index is 0.107. The number of halogens is 1. The van der Waals surface area contributed by atoms with Crippen molar-refractivity contribution in [1.82, 2.24) is 5.32 Å². The van der Waals surface area contributed by atoms with E-state index in [1.165, 1.54) is 12.1 Å². The summed E-state index contributed by atoms with van der Waals surface area (Å²) in [5, 5.41) is 15.9. The topological polar surface area (TPSA) is 101 Å². The van der Waals surface area contributed by atoms with Crippen LogP contribution in [0.1, 0.15) is 6.42 Å². The molecule has 0 aliphatic carbocycles. The number of amides is 2. The second-order valence-corrected chi connectivity index (χ2v) is 5.03. The molecular weight excluding hydrogens is 318 g/mol. The van der Waals surface area contributed by atoms with Crippen molar-refractivity contribution in [2.75, 3.05) is 11.9 Å². The van der Waals surface area contributed by atoms with Gasteiger partial charge in [-0.15, -0.1) is 0 Å². The van der Waals surface area contributed by atoms with Crippen molar-refractivity contribution < 1.29 is 14.5 Å². The third kappa shape index (κ3) is 3.08. The Morgan fingerprint density at radius 1 is 1.53 bits per heavy atom. The molecule has 2 N–H and O–H groups in total. The zero-order valence-corrected chi connectivity index (χ0v) is 11.3. The van der Waals surface area contributed by atoms with Gasteiger partial charge in [0.1, 0.15) is 5.69 Å². The van der Waals surface area contributed by atoms with Crippen molar-refractivity contribution in [2.24, 2.45) is 5.92 Å². The Kier molecular flexibility index (Phi) is 3.79. The lowest BCUT2D eigenvalue weighted by molar-refractivity contribution is -0.384. The van der Waals surface area contributed by atoms with E-state index in [0.717, 1.165) is 0 Å². The number of anilines is 1. The van der Waals surface area contributed by atoms with E-state index in [1.807, 2.05) is 0 Å². The number of benzene rings is 1. The van der Waals surface area contributed by atoms with Gasteiger partial charge in [-0.25, -0.2) is 0 Å². The molecule has 1 saturated heterocycles. The first-order valence-electron chi connectivity index (χ1n) is 5.49. The van der Waals surface area contributed by atoms with Crippen LogP contribution < -0.4 is 10.6 Å². The second kappa shape index (κ2) is 5.35. The predicted molar refractivity (Wildman–Crippen MR) is 70.5 cm³/mol. The number of nitro groups is 1. The third-order valence-electron chi connectivity index (χ3n) is 2.76. The molecule has 0 aromatic heterocycles. The van der Waals surface area contributed by atoms with Gasteiger partial charge in [-0.05, 0) is 12.1 Å². The molecule has 1 aliphatic rings. The van der Waals surface area contributed by atoms with E-state index in [2.05, 4.69) is 26.6 Å². The molecule has 1 aliphatic heterocycles. The molecule has 1 fully saturated rings. The Morgan fingerprint density at radius 2 is 2.26 bits per heavy atom. The maximum absolute atomic E-state index is 11.9. The van der Waals surface area contributed by atoms with Crippen LogP contribution in [0.3, 0.4) is 0 Å². The van der Waals surface area contributed by atoms with E-state index < -0.39 is 16.7 Å². The fraction of sp³-hybridized carbons (Fsp3) is 0.273. The van der Waals surface area contributed by atoms with Crippen molar-refractivity contribution in [3.05, 3.63) is 32.8 Å². The van der Waals surface area contributed by atoms with Crippen LogP contribution in [0.5, 0.6) is 0 Å². The quantitative estimate of drug-likeness (QED) is 0.647. The molecular formula is C11H10BrN3O4. The molecule has 2 amide bonds. The van der Waals surface area contributed by atoms with Crippen LogP contribution in [0.25, 0.3) is 0 Å². The van der Waals surface area contributed by atoms with E-state index >= 15 is 0 Å². The molecule has 1 aromatic rings. The minimum atomic E-state index is -0.571. The average Bonchev–Trinajstić information content (AvgIpc) is 2.78. The van der Waals surface area contributed by atoms with E-state index in [4.69, 9.17) is 0 Å². The maximum atomic E-state index is 11.9. The highest BCUT2D eigenvalue weighted by Crippen LogP contribution is 2.28. The van der Waals surface area contributed by atoms with Gasteiger partial charge in [0, 0.05) is 23.5 Å². The largest absolute Gasteiger partial charge is 0.355 e. The van der Waals surface area contributed by atoms with Crippen LogP contribution in [0.4, 0.5) is 11.4 Å². The zero-order valence-electron chi connectivity index (χ0n) is 9.68. The summed E-state index contributed by atoms with van der Waals surface area (Å²) in [6.07, 6.45) is 0.107. The number of nitrogens with zero attached hydrogens (tertiary/aromatic N) is 1. The van der Waals surface area contributed by atoms with Crippen molar-refractivity contribution in [3.63, 3.8) is 0 Å². The van der Waals surface area contributed by atoms with Gasteiger partial charge in [0.25, 0.3) is 5.69 Å². The molecule has 0 spiro atoms. The molecule has 0 radical (unpaired) electrons. The molecule has 1 heterocycles. The number of carbonyl (C=O) groups excluding carboxylic acids is 2. The molecule has 19 heavy (non-hydrogen) atoms. The van der Waals surface area contributed by atoms with Gasteiger partial charge < -0.3 is 10.6 Å². The molecule has 100 valence electrons. The highest BCUT2D eigenvalue weighted by Gasteiger charge is 2.29. The molecule has 1 atom stereocenters. The summed E-state index contributed by atoms with van der Waals surface area (Å²) in [6.45, 7) is 0.259. The SMILES string of the molecule is O=C1CC(C(=O)Nc2ccc(Br)cc2[N+](=O)[O-])CN1. The Morgan fingerprint density at radius 3 is 2.84 bits per heavy atom. The minimum Gasteiger partial charge on any atom is -0.355 e. The Bertz CT molecular complexity index is 561. The number of nitrogens with one attached hydrogen (secondary N) is 2. The van der Waals surface area contributed by atoms with E-state index in [0.29, 0.717) is 4.47 Å². The molecule has 1 unspecified atom stereocenters. The van der Waals surface area contributed by atoms with Gasteiger partial charge in [-0.3, -0.25) is 19.7 Å². The van der Waals surface area contributed by atoms with Crippen LogP contribution in [-0.2, 0) is 9.59 Å². The first-order valence-corrected chi connectivity index (χ1v) is 6.28. The highest BCUT2D eigenvalue weighted by molar-refractivity contribution is 9.10. The van der Waals surface area contributed by atoms with E-state index in [9.17, 15) is 19.7 Å². The fourth-order valence-corrected chi connectivity index (χ4v) is 2.14. The number of carbonyl (C=O) groups is 2. The number of nitro benzene ring substituents is 1. The monoisotopic (exact) mass is 327 g/mol. The summed E-state index contributed by atoms with van der Waals surface area (Å²) >= 11 is 3.13. The van der Waals surface area contributed by atoms with Gasteiger partial charge in [0.05, 0.1) is 10.8 Å². The van der Waals surface area contributed by atoms with E-state index in [-0.39, 0.29) is 30.2 Å². The molecule has 7 nitrogen and oxygen atoms in total. The summed E-state index contributed by atoms with van der Waals surface area (Å²) < 4.78 is 0.551. The summed E-state index contributed by atoms with van der Waals surface area (Å²) in [4.78, 5) is 33.2. The normalized spacial score (nSPS) is 17.9. The smallest absolute Gasteiger partial charge is 0.293 e. The van der Waals surface area contributed by atoms with Crippen LogP contribution in [0.2, 0.25) is 0 Å². The molecule has 2 rings (SSSR count). The molecule has 8 heteroatoms. The van der Waals surface area contributed by atoms with Crippen molar-refractivity contribution in [2.45, 2.75) is 6.42 Å². The predicted octanol–water partition coefficient (Wildman–Crippen LogP) is 1.43. The molecule has 0 saturated carbocycles. The number of hydrogen-bond donors (Lipinski definition) is 2. The average molecular weight is 328 g/mol. The number of hydrogen-bond acceptors (Lipinski definition) is 4. The lowest BCUT2D eigenvalue weighted by atomic mass is 10.1. The standard InChI is InChI=1S/C11H10BrN3O4/c12-7-1-2-8(9(4-7)15(18)19)14-11(17)6-3-10(16)13-5-6/h1-2,4,6H,3,5H2,(H,13,16)(H,14,17). The van der Waals surface area contributed by atoms with Crippen LogP contribution in [0.15, 0.2) is 22.7 Å². The van der Waals surface area contributed by atoms with Gasteiger partial charge in [0.2, 0.25) is 11.8 Å². The lowest BCUT2D eigenvalue weighted by Gasteiger charge is -2.09. The molecule has 0 bridgehead atoms. The Balaban J connectivity index is 2.17. The molecule has 1 aromatic carbocycles. The van der Waals surface area contributed by atoms with Crippen LogP contribution in [-0.4, -0.2) is 23.3 Å². The van der Waals surface area contributed by atoms with Crippen LogP contribution in [0, 0.1) is 16.0 Å². The van der Waals surface area contributed by atoms with Crippen molar-refractivity contribution in [1.29, 1.82) is 0 Å². The zero-order chi connectivity index (χ0) is 14.0. The Hall–Kier alpha value is -1.96. The van der Waals surface area contributed by atoms with Gasteiger partial charge in [-0.1, -0.05) is 15.9 Å². The highest BCUT2D eigenvalue weighted by atomic mass is 79.9. The summed E-state index contributed by atoms with van der Waals surface area (Å²) in [5.41, 5.74) is -0.0717. The Labute approximate surface area is 116 Å². The van der Waals surface area contributed by atoms with Crippen molar-refractivity contribution in [3.8, 4) is 0 Å². The lowest BCUT2D eigenvalue weighted by Crippen LogP contribution is -2.25. The summed E-state index contributed by atoms with van der Waals surface area (Å²) in [5.74, 6) is -1.08. The summed E-state index contributed by atoms with van der Waals surface area (Å²) in [7, 11) is 0. The number of rotatable bonds is 3. The summed E-state index contributed by atoms with van der Waals surface area (Å²) in [6, 6.07) is 4.36.